The second kappa shape index (κ2) is 4.25. The minimum absolute atomic E-state index is 0.212. The summed E-state index contributed by atoms with van der Waals surface area (Å²) in [6, 6.07) is 5.46. The molecule has 1 amide bonds. The number of anilines is 1. The van der Waals surface area contributed by atoms with Gasteiger partial charge in [0.05, 0.1) is 5.41 Å². The first kappa shape index (κ1) is 13.9. The summed E-state index contributed by atoms with van der Waals surface area (Å²) in [5, 5.41) is 0. The topological polar surface area (TPSA) is 20.3 Å². The number of aryl methyl sites for hydroxylation is 1. The molecule has 0 radical (unpaired) electrons. The van der Waals surface area contributed by atoms with Crippen LogP contribution in [0.2, 0.25) is 0 Å². The third-order valence-electron chi connectivity index (χ3n) is 3.79. The number of fused-ring (bicyclic) bond motifs is 1. The Balaban J connectivity index is 2.41. The van der Waals surface area contributed by atoms with Crippen LogP contribution in [0, 0.1) is 6.92 Å². The summed E-state index contributed by atoms with van der Waals surface area (Å²) in [7, 11) is 1.61. The van der Waals surface area contributed by atoms with Crippen molar-refractivity contribution in [2.24, 2.45) is 0 Å². The van der Waals surface area contributed by atoms with E-state index in [0.717, 1.165) is 5.56 Å². The Morgan fingerprint density at radius 1 is 1.32 bits per heavy atom. The van der Waals surface area contributed by atoms with Gasteiger partial charge in [0.2, 0.25) is 5.91 Å². The molecule has 1 aromatic rings. The highest BCUT2D eigenvalue weighted by atomic mass is 19.4. The molecular weight excluding hydrogens is 255 g/mol. The number of benzene rings is 1. The first-order valence-electron chi connectivity index (χ1n) is 6.11. The summed E-state index contributed by atoms with van der Waals surface area (Å²) in [5.74, 6) is -0.266. The molecule has 104 valence electrons. The Hall–Kier alpha value is -1.52. The van der Waals surface area contributed by atoms with E-state index >= 15 is 0 Å². The van der Waals surface area contributed by atoms with Gasteiger partial charge >= 0.3 is 6.18 Å². The average molecular weight is 271 g/mol. The molecule has 1 heterocycles. The lowest BCUT2D eigenvalue weighted by Crippen LogP contribution is -2.37. The maximum absolute atomic E-state index is 12.4. The van der Waals surface area contributed by atoms with E-state index in [2.05, 4.69) is 0 Å². The van der Waals surface area contributed by atoms with Gasteiger partial charge in [0.1, 0.15) is 0 Å². The quantitative estimate of drug-likeness (QED) is 0.805. The van der Waals surface area contributed by atoms with Crippen molar-refractivity contribution in [3.8, 4) is 0 Å². The molecule has 0 spiro atoms. The average Bonchev–Trinajstić information content (AvgIpc) is 2.49. The Bertz CT molecular complexity index is 524. The monoisotopic (exact) mass is 271 g/mol. The number of nitrogens with zero attached hydrogens (tertiary/aromatic N) is 1. The number of carbonyl (C=O) groups excluding carboxylic acids is 1. The van der Waals surface area contributed by atoms with E-state index in [0.29, 0.717) is 11.3 Å². The molecular formula is C14H16F3NO. The largest absolute Gasteiger partial charge is 0.389 e. The van der Waals surface area contributed by atoms with Crippen molar-refractivity contribution < 1.29 is 18.0 Å². The zero-order chi connectivity index (χ0) is 14.4. The Morgan fingerprint density at radius 3 is 2.53 bits per heavy atom. The first-order chi connectivity index (χ1) is 8.65. The predicted octanol–water partition coefficient (Wildman–Crippen LogP) is 3.57. The Morgan fingerprint density at radius 2 is 1.95 bits per heavy atom. The lowest BCUT2D eigenvalue weighted by molar-refractivity contribution is -0.141. The third kappa shape index (κ3) is 2.33. The second-order valence-electron chi connectivity index (χ2n) is 5.33. The highest BCUT2D eigenvalue weighted by Gasteiger charge is 2.47. The number of likely N-dealkylation sites (N-methyl/N-ethyl adjacent to an activating group) is 1. The zero-order valence-corrected chi connectivity index (χ0v) is 11.1. The standard InChI is InChI=1S/C14H16F3NO/c1-9-4-5-11-10(8-9)13(2,12(19)18(11)3)6-7-14(15,16)17/h4-5,8H,6-7H2,1-3H3. The Labute approximate surface area is 110 Å². The smallest absolute Gasteiger partial charge is 0.314 e. The van der Waals surface area contributed by atoms with Crippen LogP contribution in [-0.2, 0) is 10.2 Å². The lowest BCUT2D eigenvalue weighted by Gasteiger charge is -2.24. The van der Waals surface area contributed by atoms with Crippen LogP contribution in [0.5, 0.6) is 0 Å². The molecule has 0 saturated heterocycles. The number of alkyl halides is 3. The van der Waals surface area contributed by atoms with E-state index in [9.17, 15) is 18.0 Å². The maximum Gasteiger partial charge on any atom is 0.389 e. The summed E-state index contributed by atoms with van der Waals surface area (Å²) < 4.78 is 37.3. The molecule has 0 N–H and O–H groups in total. The van der Waals surface area contributed by atoms with Gasteiger partial charge < -0.3 is 4.90 Å². The van der Waals surface area contributed by atoms with Gasteiger partial charge in [-0.3, -0.25) is 4.79 Å². The normalized spacial score (nSPS) is 22.8. The highest BCUT2D eigenvalue weighted by molar-refractivity contribution is 6.07. The molecule has 0 aliphatic carbocycles. The van der Waals surface area contributed by atoms with Crippen molar-refractivity contribution in [3.63, 3.8) is 0 Å². The SMILES string of the molecule is Cc1ccc2c(c1)C(C)(CCC(F)(F)F)C(=O)N2C. The van der Waals surface area contributed by atoms with Gasteiger partial charge in [0, 0.05) is 19.2 Å². The lowest BCUT2D eigenvalue weighted by atomic mass is 9.79. The van der Waals surface area contributed by atoms with Crippen LogP contribution in [-0.4, -0.2) is 19.1 Å². The molecule has 1 aliphatic rings. The summed E-state index contributed by atoms with van der Waals surface area (Å²) in [6.07, 6.45) is -5.40. The molecule has 0 saturated carbocycles. The molecule has 0 aromatic heterocycles. The fraction of sp³-hybridized carbons (Fsp3) is 0.500. The molecule has 2 nitrogen and oxygen atoms in total. The maximum atomic E-state index is 12.4. The second-order valence-corrected chi connectivity index (χ2v) is 5.33. The van der Waals surface area contributed by atoms with E-state index in [-0.39, 0.29) is 12.3 Å². The molecule has 1 aromatic carbocycles. The minimum Gasteiger partial charge on any atom is -0.314 e. The molecule has 1 unspecified atom stereocenters. The van der Waals surface area contributed by atoms with Crippen molar-refractivity contribution in [2.45, 2.75) is 38.3 Å². The fourth-order valence-corrected chi connectivity index (χ4v) is 2.61. The van der Waals surface area contributed by atoms with Crippen molar-refractivity contribution in [2.75, 3.05) is 11.9 Å². The van der Waals surface area contributed by atoms with Gasteiger partial charge in [0.15, 0.2) is 0 Å². The minimum atomic E-state index is -4.24. The van der Waals surface area contributed by atoms with Crippen LogP contribution in [0.3, 0.4) is 0 Å². The molecule has 5 heteroatoms. The number of hydrogen-bond donors (Lipinski definition) is 0. The van der Waals surface area contributed by atoms with Crippen molar-refractivity contribution >= 4 is 11.6 Å². The van der Waals surface area contributed by atoms with E-state index < -0.39 is 18.0 Å². The summed E-state index contributed by atoms with van der Waals surface area (Å²) in [5.41, 5.74) is 1.27. The summed E-state index contributed by atoms with van der Waals surface area (Å²) >= 11 is 0. The van der Waals surface area contributed by atoms with Crippen molar-refractivity contribution in [3.05, 3.63) is 29.3 Å². The van der Waals surface area contributed by atoms with Gasteiger partial charge in [-0.05, 0) is 31.9 Å². The number of carbonyl (C=O) groups is 1. The van der Waals surface area contributed by atoms with E-state index in [4.69, 9.17) is 0 Å². The predicted molar refractivity (Wildman–Crippen MR) is 67.2 cm³/mol. The Kier molecular flexibility index (Phi) is 3.11. The van der Waals surface area contributed by atoms with Crippen LogP contribution < -0.4 is 4.90 Å². The molecule has 0 fully saturated rings. The molecule has 0 bridgehead atoms. The van der Waals surface area contributed by atoms with Gasteiger partial charge in [-0.25, -0.2) is 0 Å². The van der Waals surface area contributed by atoms with Crippen LogP contribution in [0.1, 0.15) is 30.9 Å². The molecule has 19 heavy (non-hydrogen) atoms. The number of halogens is 3. The van der Waals surface area contributed by atoms with E-state index in [1.807, 2.05) is 19.1 Å². The van der Waals surface area contributed by atoms with Gasteiger partial charge in [0.25, 0.3) is 0 Å². The fourth-order valence-electron chi connectivity index (χ4n) is 2.61. The van der Waals surface area contributed by atoms with Gasteiger partial charge in [-0.15, -0.1) is 0 Å². The number of amides is 1. The van der Waals surface area contributed by atoms with Gasteiger partial charge in [-0.2, -0.15) is 13.2 Å². The van der Waals surface area contributed by atoms with E-state index in [1.165, 1.54) is 4.90 Å². The van der Waals surface area contributed by atoms with Crippen LogP contribution in [0.15, 0.2) is 18.2 Å². The van der Waals surface area contributed by atoms with Crippen molar-refractivity contribution in [1.82, 2.24) is 0 Å². The summed E-state index contributed by atoms with van der Waals surface area (Å²) in [4.78, 5) is 13.7. The first-order valence-corrected chi connectivity index (χ1v) is 6.11. The van der Waals surface area contributed by atoms with E-state index in [1.54, 1.807) is 20.0 Å². The van der Waals surface area contributed by atoms with Crippen LogP contribution in [0.4, 0.5) is 18.9 Å². The van der Waals surface area contributed by atoms with Crippen molar-refractivity contribution in [1.29, 1.82) is 0 Å². The van der Waals surface area contributed by atoms with Crippen LogP contribution >= 0.6 is 0 Å². The molecule has 1 atom stereocenters. The number of hydrogen-bond acceptors (Lipinski definition) is 1. The number of rotatable bonds is 2. The summed E-state index contributed by atoms with van der Waals surface area (Å²) in [6.45, 7) is 3.47. The van der Waals surface area contributed by atoms with Gasteiger partial charge in [-0.1, -0.05) is 17.7 Å². The van der Waals surface area contributed by atoms with Crippen LogP contribution in [0.25, 0.3) is 0 Å². The third-order valence-corrected chi connectivity index (χ3v) is 3.79. The highest BCUT2D eigenvalue weighted by Crippen LogP contribution is 2.45. The molecule has 1 aliphatic heterocycles. The zero-order valence-electron chi connectivity index (χ0n) is 11.1. The molecule has 2 rings (SSSR count).